The van der Waals surface area contributed by atoms with Crippen molar-refractivity contribution in [2.45, 2.75) is 6.42 Å². The van der Waals surface area contributed by atoms with E-state index in [2.05, 4.69) is 10.3 Å². The standard InChI is InChI=1S/C20H21N3O4/c1-21-18(24)13-6-7-22-17(8-13)23-10-15-11-27-16-5-3-2-4-14(16)9-20(15,12-23)19(25)26/h2-8,15H,9-12H2,1H3,(H,21,24)(H,25,26)/t15-,20+/m1/s1. The first-order chi connectivity index (χ1) is 13.0. The van der Waals surface area contributed by atoms with Gasteiger partial charge in [0.2, 0.25) is 0 Å². The number of carboxylic acid groups (broad SMARTS) is 1. The number of anilines is 1. The fourth-order valence-corrected chi connectivity index (χ4v) is 4.08. The predicted molar refractivity (Wildman–Crippen MR) is 99.0 cm³/mol. The lowest BCUT2D eigenvalue weighted by Gasteiger charge is -2.27. The minimum Gasteiger partial charge on any atom is -0.493 e. The van der Waals surface area contributed by atoms with Crippen LogP contribution in [0.3, 0.4) is 0 Å². The lowest BCUT2D eigenvalue weighted by molar-refractivity contribution is -0.150. The van der Waals surface area contributed by atoms with Crippen LogP contribution >= 0.6 is 0 Å². The molecule has 2 aliphatic heterocycles. The third-order valence-electron chi connectivity index (χ3n) is 5.60. The molecule has 0 saturated carbocycles. The summed E-state index contributed by atoms with van der Waals surface area (Å²) in [6.45, 7) is 1.19. The molecular weight excluding hydrogens is 346 g/mol. The van der Waals surface area contributed by atoms with Crippen molar-refractivity contribution in [1.82, 2.24) is 10.3 Å². The quantitative estimate of drug-likeness (QED) is 0.856. The minimum atomic E-state index is -0.947. The Bertz CT molecular complexity index is 900. The number of carbonyl (C=O) groups excluding carboxylic acids is 1. The monoisotopic (exact) mass is 367 g/mol. The number of aliphatic carboxylic acids is 1. The van der Waals surface area contributed by atoms with Crippen LogP contribution in [-0.4, -0.2) is 48.7 Å². The molecule has 2 aliphatic rings. The molecule has 140 valence electrons. The van der Waals surface area contributed by atoms with Crippen molar-refractivity contribution in [2.24, 2.45) is 11.3 Å². The van der Waals surface area contributed by atoms with Crippen LogP contribution in [0.25, 0.3) is 0 Å². The minimum absolute atomic E-state index is 0.173. The first-order valence-corrected chi connectivity index (χ1v) is 8.91. The highest BCUT2D eigenvalue weighted by atomic mass is 16.5. The average molecular weight is 367 g/mol. The van der Waals surface area contributed by atoms with E-state index >= 15 is 0 Å². The number of ether oxygens (including phenoxy) is 1. The third kappa shape index (κ3) is 2.89. The third-order valence-corrected chi connectivity index (χ3v) is 5.60. The van der Waals surface area contributed by atoms with E-state index in [0.717, 1.165) is 11.3 Å². The Labute approximate surface area is 157 Å². The predicted octanol–water partition coefficient (Wildman–Crippen LogP) is 1.58. The van der Waals surface area contributed by atoms with Gasteiger partial charge in [-0.25, -0.2) is 4.98 Å². The lowest BCUT2D eigenvalue weighted by Crippen LogP contribution is -2.42. The van der Waals surface area contributed by atoms with Gasteiger partial charge in [-0.15, -0.1) is 0 Å². The number of carboxylic acids is 1. The molecule has 0 radical (unpaired) electrons. The highest BCUT2D eigenvalue weighted by molar-refractivity contribution is 5.94. The van der Waals surface area contributed by atoms with E-state index in [-0.39, 0.29) is 11.8 Å². The lowest BCUT2D eigenvalue weighted by atomic mass is 9.74. The summed E-state index contributed by atoms with van der Waals surface area (Å²) < 4.78 is 5.93. The highest BCUT2D eigenvalue weighted by Crippen LogP contribution is 2.44. The molecule has 1 saturated heterocycles. The van der Waals surface area contributed by atoms with Gasteiger partial charge in [0, 0.05) is 37.8 Å². The Morgan fingerprint density at radius 2 is 2.15 bits per heavy atom. The fraction of sp³-hybridized carbons (Fsp3) is 0.350. The number of hydrogen-bond acceptors (Lipinski definition) is 5. The van der Waals surface area contributed by atoms with Gasteiger partial charge in [-0.2, -0.15) is 0 Å². The highest BCUT2D eigenvalue weighted by Gasteiger charge is 2.54. The van der Waals surface area contributed by atoms with Crippen molar-refractivity contribution < 1.29 is 19.4 Å². The van der Waals surface area contributed by atoms with Gasteiger partial charge < -0.3 is 20.1 Å². The average Bonchev–Trinajstić information content (AvgIpc) is 2.98. The van der Waals surface area contributed by atoms with Crippen LogP contribution in [0.15, 0.2) is 42.6 Å². The van der Waals surface area contributed by atoms with Crippen molar-refractivity contribution >= 4 is 17.7 Å². The molecule has 0 bridgehead atoms. The van der Waals surface area contributed by atoms with Gasteiger partial charge in [-0.1, -0.05) is 18.2 Å². The van der Waals surface area contributed by atoms with Crippen molar-refractivity contribution in [1.29, 1.82) is 0 Å². The maximum atomic E-state index is 12.4. The summed E-state index contributed by atoms with van der Waals surface area (Å²) >= 11 is 0. The maximum Gasteiger partial charge on any atom is 0.312 e. The van der Waals surface area contributed by atoms with Crippen LogP contribution in [0.5, 0.6) is 5.75 Å². The number of nitrogens with zero attached hydrogens (tertiary/aromatic N) is 2. The van der Waals surface area contributed by atoms with Crippen molar-refractivity contribution in [3.63, 3.8) is 0 Å². The zero-order chi connectivity index (χ0) is 19.0. The summed E-state index contributed by atoms with van der Waals surface area (Å²) in [6, 6.07) is 11.0. The maximum absolute atomic E-state index is 12.4. The molecule has 2 N–H and O–H groups in total. The molecule has 0 aliphatic carbocycles. The summed E-state index contributed by atoms with van der Waals surface area (Å²) in [7, 11) is 1.57. The number of rotatable bonds is 3. The van der Waals surface area contributed by atoms with Crippen LogP contribution in [0.2, 0.25) is 0 Å². The first kappa shape index (κ1) is 17.3. The van der Waals surface area contributed by atoms with Crippen LogP contribution in [0.4, 0.5) is 5.82 Å². The van der Waals surface area contributed by atoms with Gasteiger partial charge in [-0.3, -0.25) is 9.59 Å². The smallest absolute Gasteiger partial charge is 0.312 e. The van der Waals surface area contributed by atoms with E-state index in [1.54, 1.807) is 25.4 Å². The molecule has 7 nitrogen and oxygen atoms in total. The summed E-state index contributed by atoms with van der Waals surface area (Å²) in [5.74, 6) is 0.180. The van der Waals surface area contributed by atoms with E-state index in [0.29, 0.717) is 37.5 Å². The molecular formula is C20H21N3O4. The number of para-hydroxylation sites is 1. The summed E-state index contributed by atoms with van der Waals surface area (Å²) in [5, 5.41) is 12.7. The molecule has 1 aromatic heterocycles. The Morgan fingerprint density at radius 3 is 2.93 bits per heavy atom. The zero-order valence-corrected chi connectivity index (χ0v) is 15.0. The topological polar surface area (TPSA) is 91.8 Å². The number of aromatic nitrogens is 1. The fourth-order valence-electron chi connectivity index (χ4n) is 4.08. The van der Waals surface area contributed by atoms with Crippen molar-refractivity contribution in [3.8, 4) is 5.75 Å². The Balaban J connectivity index is 1.68. The van der Waals surface area contributed by atoms with Crippen molar-refractivity contribution in [3.05, 3.63) is 53.7 Å². The molecule has 1 amide bonds. The number of nitrogens with one attached hydrogen (secondary N) is 1. The van der Waals surface area contributed by atoms with Gasteiger partial charge in [0.15, 0.2) is 0 Å². The number of benzene rings is 1. The SMILES string of the molecule is CNC(=O)c1ccnc(N2C[C@@H]3COc4ccccc4C[C@]3(C(=O)O)C2)c1. The van der Waals surface area contributed by atoms with Crippen LogP contribution in [0.1, 0.15) is 15.9 Å². The van der Waals surface area contributed by atoms with Gasteiger partial charge in [0.05, 0.1) is 12.0 Å². The second-order valence-electron chi connectivity index (χ2n) is 7.12. The van der Waals surface area contributed by atoms with E-state index in [9.17, 15) is 14.7 Å². The molecule has 4 rings (SSSR count). The van der Waals surface area contributed by atoms with Crippen molar-refractivity contribution in [2.75, 3.05) is 31.6 Å². The van der Waals surface area contributed by atoms with Crippen LogP contribution < -0.4 is 15.0 Å². The summed E-state index contributed by atoms with van der Waals surface area (Å²) in [5.41, 5.74) is 0.467. The van der Waals surface area contributed by atoms with E-state index in [1.165, 1.54) is 0 Å². The van der Waals surface area contributed by atoms with Gasteiger partial charge in [0.1, 0.15) is 11.6 Å². The largest absolute Gasteiger partial charge is 0.493 e. The first-order valence-electron chi connectivity index (χ1n) is 8.91. The molecule has 1 aromatic carbocycles. The normalized spacial score (nSPS) is 23.6. The second kappa shape index (κ2) is 6.57. The summed E-state index contributed by atoms with van der Waals surface area (Å²) in [4.78, 5) is 30.6. The van der Waals surface area contributed by atoms with Crippen LogP contribution in [-0.2, 0) is 11.2 Å². The number of hydrogen-bond donors (Lipinski definition) is 2. The number of pyridine rings is 1. The van der Waals surface area contributed by atoms with E-state index in [1.807, 2.05) is 29.2 Å². The number of carbonyl (C=O) groups is 2. The number of amides is 1. The van der Waals surface area contributed by atoms with E-state index < -0.39 is 11.4 Å². The Hall–Kier alpha value is -3.09. The summed E-state index contributed by atoms with van der Waals surface area (Å²) in [6.07, 6.45) is 1.99. The molecule has 7 heteroatoms. The van der Waals surface area contributed by atoms with E-state index in [4.69, 9.17) is 4.74 Å². The van der Waals surface area contributed by atoms with Gasteiger partial charge in [-0.05, 0) is 30.2 Å². The molecule has 2 aromatic rings. The molecule has 3 heterocycles. The Kier molecular flexibility index (Phi) is 4.22. The molecule has 0 spiro atoms. The second-order valence-corrected chi connectivity index (χ2v) is 7.12. The van der Waals surface area contributed by atoms with Crippen LogP contribution in [0, 0.1) is 11.3 Å². The van der Waals surface area contributed by atoms with Gasteiger partial charge in [0.25, 0.3) is 5.91 Å². The zero-order valence-electron chi connectivity index (χ0n) is 15.0. The molecule has 27 heavy (non-hydrogen) atoms. The number of fused-ring (bicyclic) bond motifs is 2. The Morgan fingerprint density at radius 1 is 1.33 bits per heavy atom. The molecule has 1 fully saturated rings. The van der Waals surface area contributed by atoms with Gasteiger partial charge >= 0.3 is 5.97 Å². The molecule has 2 atom stereocenters. The molecule has 0 unspecified atom stereocenters.